The third-order valence-electron chi connectivity index (χ3n) is 10.9. The molecule has 0 fully saturated rings. The predicted octanol–water partition coefficient (Wildman–Crippen LogP) is 6.37. The van der Waals surface area contributed by atoms with Gasteiger partial charge in [0.1, 0.15) is 0 Å². The van der Waals surface area contributed by atoms with Crippen LogP contribution in [0.25, 0.3) is 5.57 Å². The molecule has 356 valence electrons. The van der Waals surface area contributed by atoms with Crippen LogP contribution in [0.4, 0.5) is 5.69 Å². The largest absolute Gasteiger partial charge is 0.382 e. The molecule has 0 spiro atoms. The Balaban J connectivity index is 1.82. The molecule has 0 saturated heterocycles. The van der Waals surface area contributed by atoms with Gasteiger partial charge in [-0.15, -0.1) is 0 Å². The molecule has 0 unspecified atom stereocenters. The van der Waals surface area contributed by atoms with Crippen LogP contribution in [0.3, 0.4) is 0 Å². The monoisotopic (exact) mass is 979 g/mol. The zero-order chi connectivity index (χ0) is 48.4. The smallest absolute Gasteiger partial charge is 0.327 e. The van der Waals surface area contributed by atoms with Gasteiger partial charge in [0, 0.05) is 54.9 Å². The number of amides is 1. The van der Waals surface area contributed by atoms with Crippen molar-refractivity contribution in [2.45, 2.75) is 70.6 Å². The van der Waals surface area contributed by atoms with E-state index < -0.39 is 52.7 Å². The molecule has 0 aromatic heterocycles. The first-order valence-electron chi connectivity index (χ1n) is 20.8. The SMILES string of the molecule is C=[N+](CCCS(=O)(=O)O)C1=C(/C=C(\C)Cl)C(C)(C)C(/C=C/C(=C/C=C2\N(CCCS(=O)(=O)O)c3ccc(S(=O)(=O)O)cc3C2(C)C)c2cccc(CCC(=O)NCCOCCOC)c2)=N1. The van der Waals surface area contributed by atoms with Gasteiger partial charge >= 0.3 is 5.82 Å². The molecule has 0 aliphatic carbocycles. The Morgan fingerprint density at radius 3 is 2.29 bits per heavy atom. The van der Waals surface area contributed by atoms with Crippen molar-refractivity contribution >= 4 is 71.6 Å². The fourth-order valence-electron chi connectivity index (χ4n) is 7.51. The third kappa shape index (κ3) is 15.4. The normalized spacial score (nSPS) is 17.3. The van der Waals surface area contributed by atoms with Crippen LogP contribution in [0.15, 0.2) is 105 Å². The summed E-state index contributed by atoms with van der Waals surface area (Å²) in [5.74, 6) is -0.633. The lowest BCUT2D eigenvalue weighted by molar-refractivity contribution is -0.469. The Hall–Kier alpha value is -4.31. The molecule has 2 aromatic rings. The molecule has 0 radical (unpaired) electrons. The van der Waals surface area contributed by atoms with Crippen molar-refractivity contribution < 1.29 is 57.8 Å². The van der Waals surface area contributed by atoms with Gasteiger partial charge < -0.3 is 19.7 Å². The predicted molar refractivity (Wildman–Crippen MR) is 254 cm³/mol. The highest BCUT2D eigenvalue weighted by Gasteiger charge is 2.43. The van der Waals surface area contributed by atoms with Gasteiger partial charge in [-0.05, 0) is 97.3 Å². The molecular formula is C45H60ClN4O12S3+. The topological polar surface area (TPSA) is 229 Å². The fraction of sp³-hybridized carbons (Fsp3) is 0.444. The number of aryl methyl sites for hydroxylation is 1. The summed E-state index contributed by atoms with van der Waals surface area (Å²) in [4.78, 5) is 19.3. The minimum Gasteiger partial charge on any atom is -0.382 e. The summed E-state index contributed by atoms with van der Waals surface area (Å²) in [5, 5.41) is 3.35. The number of hydrogen-bond donors (Lipinski definition) is 4. The zero-order valence-corrected chi connectivity index (χ0v) is 40.8. The van der Waals surface area contributed by atoms with Gasteiger partial charge in [-0.3, -0.25) is 18.5 Å². The number of benzene rings is 2. The molecule has 2 heterocycles. The fourth-order valence-corrected chi connectivity index (χ4v) is 9.12. The molecule has 0 atom stereocenters. The summed E-state index contributed by atoms with van der Waals surface area (Å²) in [6.07, 6.45) is 10.0. The molecule has 16 nitrogen and oxygen atoms in total. The summed E-state index contributed by atoms with van der Waals surface area (Å²) in [6.45, 7) is 15.4. The standard InChI is InChI=1S/C45H59ClN4O12S3/c1-32(46)29-38-43(49(6)22-9-27-63(52,53)54)48-40(44(38,2)3)18-14-34(35-12-8-11-33(30-35)13-20-42(51)47-21-24-62-26-25-61-7)15-19-41-45(4,5)37-31-36(65(58,59)60)16-17-39(37)50(41)23-10-28-64(55,56)57/h8,11-12,14-19,29-31H,6,9-10,13,20-28H2,1-5,7H3,(H3-,47,51,52,53,54,55,56,57,58,59,60)/p+1/b18-14+,32-29+,34-15-,41-19-. The minimum atomic E-state index is -4.56. The summed E-state index contributed by atoms with van der Waals surface area (Å²) in [5.41, 5.74) is 3.95. The van der Waals surface area contributed by atoms with Crippen LogP contribution in [0.1, 0.15) is 70.6 Å². The average molecular weight is 981 g/mol. The second-order valence-corrected chi connectivity index (χ2v) is 21.9. The van der Waals surface area contributed by atoms with Gasteiger partial charge in [0.25, 0.3) is 30.4 Å². The van der Waals surface area contributed by atoms with Crippen molar-refractivity contribution in [3.8, 4) is 0 Å². The maximum atomic E-state index is 12.7. The first-order valence-corrected chi connectivity index (χ1v) is 25.9. The van der Waals surface area contributed by atoms with Crippen LogP contribution >= 0.6 is 11.6 Å². The number of allylic oxidation sites excluding steroid dienone is 9. The first-order chi connectivity index (χ1) is 30.2. The molecule has 4 rings (SSSR count). The highest BCUT2D eigenvalue weighted by atomic mass is 35.5. The molecule has 2 aromatic carbocycles. The lowest BCUT2D eigenvalue weighted by Crippen LogP contribution is -2.28. The molecule has 65 heavy (non-hydrogen) atoms. The van der Waals surface area contributed by atoms with Crippen LogP contribution in [-0.2, 0) is 56.5 Å². The minimum absolute atomic E-state index is 0.0423. The quantitative estimate of drug-likeness (QED) is 0.0295. The summed E-state index contributed by atoms with van der Waals surface area (Å²) >= 11 is 6.41. The van der Waals surface area contributed by atoms with E-state index in [4.69, 9.17) is 26.1 Å². The molecule has 2 aliphatic rings. The first kappa shape index (κ1) is 53.3. The number of hydrogen-bond acceptors (Lipinski definition) is 11. The molecule has 0 saturated carbocycles. The van der Waals surface area contributed by atoms with Crippen LogP contribution < -0.4 is 10.2 Å². The van der Waals surface area contributed by atoms with E-state index in [-0.39, 0.29) is 43.2 Å². The number of carbonyl (C=O) groups excluding carboxylic acids is 1. The number of fused-ring (bicyclic) bond motifs is 1. The number of rotatable bonds is 24. The number of halogens is 1. The van der Waals surface area contributed by atoms with Crippen LogP contribution in [0.5, 0.6) is 0 Å². The van der Waals surface area contributed by atoms with E-state index in [0.29, 0.717) is 71.9 Å². The Kier molecular flexibility index (Phi) is 18.4. The van der Waals surface area contributed by atoms with Crippen LogP contribution in [0, 0.1) is 5.41 Å². The lowest BCUT2D eigenvalue weighted by atomic mass is 9.80. The van der Waals surface area contributed by atoms with Gasteiger partial charge in [-0.2, -0.15) is 25.3 Å². The number of anilines is 1. The summed E-state index contributed by atoms with van der Waals surface area (Å²) in [6, 6.07) is 11.9. The van der Waals surface area contributed by atoms with Crippen molar-refractivity contribution in [2.75, 3.05) is 63.0 Å². The second kappa shape index (κ2) is 22.5. The molecule has 0 bridgehead atoms. The van der Waals surface area contributed by atoms with Gasteiger partial charge in [0.05, 0.1) is 60.5 Å². The van der Waals surface area contributed by atoms with Gasteiger partial charge in [0.15, 0.2) is 5.71 Å². The van der Waals surface area contributed by atoms with Crippen LogP contribution in [-0.4, -0.2) is 120 Å². The highest BCUT2D eigenvalue weighted by molar-refractivity contribution is 7.86. The van der Waals surface area contributed by atoms with Crippen molar-refractivity contribution in [1.29, 1.82) is 0 Å². The third-order valence-corrected chi connectivity index (χ3v) is 13.5. The van der Waals surface area contributed by atoms with Crippen molar-refractivity contribution in [1.82, 2.24) is 5.32 Å². The number of carbonyl (C=O) groups is 1. The Morgan fingerprint density at radius 1 is 0.954 bits per heavy atom. The van der Waals surface area contributed by atoms with E-state index in [1.165, 1.54) is 12.1 Å². The number of ether oxygens (including phenoxy) is 2. The van der Waals surface area contributed by atoms with Gasteiger partial charge in [-0.25, -0.2) is 4.58 Å². The van der Waals surface area contributed by atoms with Crippen molar-refractivity contribution in [3.05, 3.63) is 112 Å². The molecule has 2 aliphatic heterocycles. The highest BCUT2D eigenvalue weighted by Crippen LogP contribution is 2.49. The maximum absolute atomic E-state index is 12.7. The molecule has 20 heteroatoms. The molecular weight excluding hydrogens is 920 g/mol. The second-order valence-electron chi connectivity index (χ2n) is 16.7. The van der Waals surface area contributed by atoms with E-state index >= 15 is 0 Å². The van der Waals surface area contributed by atoms with E-state index in [0.717, 1.165) is 16.7 Å². The zero-order valence-electron chi connectivity index (χ0n) is 37.6. The van der Waals surface area contributed by atoms with Crippen molar-refractivity contribution in [2.24, 2.45) is 10.4 Å². The Bertz CT molecular complexity index is 2640. The van der Waals surface area contributed by atoms with Gasteiger partial charge in [0.2, 0.25) is 5.91 Å². The summed E-state index contributed by atoms with van der Waals surface area (Å²) in [7, 11) is -11.5. The number of nitrogens with zero attached hydrogens (tertiary/aromatic N) is 3. The van der Waals surface area contributed by atoms with E-state index in [9.17, 15) is 43.7 Å². The van der Waals surface area contributed by atoms with E-state index in [1.54, 1.807) is 30.8 Å². The van der Waals surface area contributed by atoms with Gasteiger partial charge in [-0.1, -0.05) is 61.9 Å². The average Bonchev–Trinajstić information content (AvgIpc) is 3.57. The number of aliphatic imine (C=N–C) groups is 1. The Morgan fingerprint density at radius 2 is 1.65 bits per heavy atom. The maximum Gasteiger partial charge on any atom is 0.327 e. The lowest BCUT2D eigenvalue weighted by Gasteiger charge is -2.27. The van der Waals surface area contributed by atoms with Crippen molar-refractivity contribution in [3.63, 3.8) is 0 Å². The Labute approximate surface area is 388 Å². The van der Waals surface area contributed by atoms with Crippen LogP contribution in [0.2, 0.25) is 0 Å². The van der Waals surface area contributed by atoms with E-state index in [2.05, 4.69) is 12.0 Å². The van der Waals surface area contributed by atoms with E-state index in [1.807, 2.05) is 81.2 Å². The summed E-state index contributed by atoms with van der Waals surface area (Å²) < 4.78 is 112. The number of methoxy groups -OCH3 is 1. The molecule has 4 N–H and O–H groups in total. The molecule has 1 amide bonds. The number of nitrogens with one attached hydrogen (secondary N) is 1.